The number of nitrogens with one attached hydrogen (secondary N) is 1. The molecule has 1 aliphatic carbocycles. The van der Waals surface area contributed by atoms with Crippen molar-refractivity contribution in [2.45, 2.75) is 50.9 Å². The summed E-state index contributed by atoms with van der Waals surface area (Å²) in [7, 11) is 0. The molecule has 0 aromatic heterocycles. The molecule has 1 atom stereocenters. The van der Waals surface area contributed by atoms with Crippen molar-refractivity contribution in [1.29, 1.82) is 0 Å². The first-order chi connectivity index (χ1) is 8.43. The second-order valence-electron chi connectivity index (χ2n) is 5.61. The topological polar surface area (TPSA) is 12.0 Å². The largest absolute Gasteiger partial charge is 0.317 e. The molecule has 1 aromatic carbocycles. The van der Waals surface area contributed by atoms with E-state index in [1.54, 1.807) is 16.7 Å². The Bertz CT molecular complexity index is 375. The minimum Gasteiger partial charge on any atom is -0.317 e. The summed E-state index contributed by atoms with van der Waals surface area (Å²) >= 11 is 0. The molecule has 1 nitrogen and oxygen atoms in total. The van der Waals surface area contributed by atoms with Gasteiger partial charge in [0.1, 0.15) is 0 Å². The van der Waals surface area contributed by atoms with Crippen molar-refractivity contribution in [2.24, 2.45) is 0 Å². The Kier molecular flexibility index (Phi) is 3.46. The lowest BCUT2D eigenvalue weighted by Crippen LogP contribution is -2.14. The van der Waals surface area contributed by atoms with Crippen LogP contribution in [0.5, 0.6) is 0 Å². The highest BCUT2D eigenvalue weighted by Gasteiger charge is 2.16. The number of hydrogen-bond donors (Lipinski definition) is 1. The number of fused-ring (bicyclic) bond motifs is 1. The average molecular weight is 229 g/mol. The fourth-order valence-corrected chi connectivity index (χ4v) is 3.36. The van der Waals surface area contributed by atoms with Gasteiger partial charge in [-0.1, -0.05) is 18.2 Å². The fourth-order valence-electron chi connectivity index (χ4n) is 3.36. The molecule has 3 rings (SSSR count). The van der Waals surface area contributed by atoms with Crippen molar-refractivity contribution in [3.05, 3.63) is 34.9 Å². The lowest BCUT2D eigenvalue weighted by molar-refractivity contribution is 0.605. The van der Waals surface area contributed by atoms with Gasteiger partial charge in [-0.2, -0.15) is 0 Å². The number of rotatable bonds is 1. The standard InChI is InChI=1S/C16H23N/c1-2-5-15-12-16(8-7-13(15)4-1)14-6-3-10-17-11-9-14/h7-8,12,14,17H,1-6,9-11H2. The first-order valence-corrected chi connectivity index (χ1v) is 7.26. The van der Waals surface area contributed by atoms with Gasteiger partial charge in [0, 0.05) is 0 Å². The normalized spacial score (nSPS) is 25.1. The second-order valence-corrected chi connectivity index (χ2v) is 5.61. The molecule has 0 radical (unpaired) electrons. The Morgan fingerprint density at radius 2 is 1.76 bits per heavy atom. The predicted molar refractivity (Wildman–Crippen MR) is 72.5 cm³/mol. The molecule has 1 unspecified atom stereocenters. The summed E-state index contributed by atoms with van der Waals surface area (Å²) in [6.45, 7) is 2.41. The van der Waals surface area contributed by atoms with E-state index in [2.05, 4.69) is 23.5 Å². The van der Waals surface area contributed by atoms with E-state index in [-0.39, 0.29) is 0 Å². The third-order valence-corrected chi connectivity index (χ3v) is 4.42. The van der Waals surface area contributed by atoms with E-state index in [9.17, 15) is 0 Å². The highest BCUT2D eigenvalue weighted by molar-refractivity contribution is 5.35. The van der Waals surface area contributed by atoms with Crippen LogP contribution in [0.2, 0.25) is 0 Å². The monoisotopic (exact) mass is 229 g/mol. The molecule has 1 fully saturated rings. The maximum Gasteiger partial charge on any atom is -0.00431 e. The lowest BCUT2D eigenvalue weighted by atomic mass is 9.85. The van der Waals surface area contributed by atoms with E-state index in [4.69, 9.17) is 0 Å². The van der Waals surface area contributed by atoms with Crippen LogP contribution >= 0.6 is 0 Å². The van der Waals surface area contributed by atoms with Crippen molar-refractivity contribution < 1.29 is 0 Å². The number of aryl methyl sites for hydroxylation is 2. The van der Waals surface area contributed by atoms with Gasteiger partial charge < -0.3 is 5.32 Å². The molecule has 2 aliphatic rings. The van der Waals surface area contributed by atoms with Crippen LogP contribution in [0.4, 0.5) is 0 Å². The highest BCUT2D eigenvalue weighted by atomic mass is 14.8. The van der Waals surface area contributed by atoms with Gasteiger partial charge in [0.05, 0.1) is 0 Å². The summed E-state index contributed by atoms with van der Waals surface area (Å²) in [5, 5.41) is 3.51. The van der Waals surface area contributed by atoms with E-state index < -0.39 is 0 Å². The zero-order valence-electron chi connectivity index (χ0n) is 10.7. The van der Waals surface area contributed by atoms with Gasteiger partial charge in [-0.25, -0.2) is 0 Å². The predicted octanol–water partition coefficient (Wildman–Crippen LogP) is 3.42. The van der Waals surface area contributed by atoms with Crippen molar-refractivity contribution in [3.8, 4) is 0 Å². The van der Waals surface area contributed by atoms with Crippen LogP contribution < -0.4 is 5.32 Å². The Morgan fingerprint density at radius 3 is 2.71 bits per heavy atom. The summed E-state index contributed by atoms with van der Waals surface area (Å²) in [5.41, 5.74) is 4.87. The first kappa shape index (κ1) is 11.3. The Balaban J connectivity index is 1.82. The summed E-state index contributed by atoms with van der Waals surface area (Å²) < 4.78 is 0. The van der Waals surface area contributed by atoms with Crippen LogP contribution in [-0.2, 0) is 12.8 Å². The molecule has 1 aliphatic heterocycles. The van der Waals surface area contributed by atoms with Crippen LogP contribution in [0.1, 0.15) is 54.7 Å². The Labute approximate surface area is 105 Å². The van der Waals surface area contributed by atoms with Gasteiger partial charge in [-0.3, -0.25) is 0 Å². The van der Waals surface area contributed by atoms with Crippen LogP contribution in [0.15, 0.2) is 18.2 Å². The molecule has 1 saturated heterocycles. The summed E-state index contributed by atoms with van der Waals surface area (Å²) in [4.78, 5) is 0. The van der Waals surface area contributed by atoms with Crippen molar-refractivity contribution in [3.63, 3.8) is 0 Å². The van der Waals surface area contributed by atoms with Crippen LogP contribution in [-0.4, -0.2) is 13.1 Å². The van der Waals surface area contributed by atoms with Crippen molar-refractivity contribution in [2.75, 3.05) is 13.1 Å². The maximum absolute atomic E-state index is 3.51. The van der Waals surface area contributed by atoms with E-state index in [0.29, 0.717) is 0 Å². The Hall–Kier alpha value is -0.820. The van der Waals surface area contributed by atoms with Gasteiger partial charge in [0.15, 0.2) is 0 Å². The lowest BCUT2D eigenvalue weighted by Gasteiger charge is -2.20. The zero-order chi connectivity index (χ0) is 11.5. The van der Waals surface area contributed by atoms with Crippen LogP contribution in [0, 0.1) is 0 Å². The van der Waals surface area contributed by atoms with E-state index in [1.165, 1.54) is 58.0 Å². The molecular formula is C16H23N. The molecular weight excluding hydrogens is 206 g/mol. The van der Waals surface area contributed by atoms with Gasteiger partial charge in [-0.05, 0) is 80.6 Å². The van der Waals surface area contributed by atoms with Crippen molar-refractivity contribution >= 4 is 0 Å². The first-order valence-electron chi connectivity index (χ1n) is 7.26. The molecule has 1 aromatic rings. The zero-order valence-corrected chi connectivity index (χ0v) is 10.7. The molecule has 17 heavy (non-hydrogen) atoms. The minimum atomic E-state index is 0.803. The number of benzene rings is 1. The third kappa shape index (κ3) is 2.55. The van der Waals surface area contributed by atoms with E-state index in [0.717, 1.165) is 5.92 Å². The van der Waals surface area contributed by atoms with Crippen LogP contribution in [0.25, 0.3) is 0 Å². The molecule has 1 N–H and O–H groups in total. The fraction of sp³-hybridized carbons (Fsp3) is 0.625. The van der Waals surface area contributed by atoms with E-state index in [1.807, 2.05) is 0 Å². The van der Waals surface area contributed by atoms with Gasteiger partial charge in [0.25, 0.3) is 0 Å². The molecule has 0 amide bonds. The molecule has 0 spiro atoms. The van der Waals surface area contributed by atoms with Gasteiger partial charge in [-0.15, -0.1) is 0 Å². The molecule has 1 heterocycles. The molecule has 92 valence electrons. The van der Waals surface area contributed by atoms with Crippen molar-refractivity contribution in [1.82, 2.24) is 5.32 Å². The molecule has 0 saturated carbocycles. The summed E-state index contributed by atoms with van der Waals surface area (Å²) in [6.07, 6.45) is 9.42. The quantitative estimate of drug-likeness (QED) is 0.778. The maximum atomic E-state index is 3.51. The highest BCUT2D eigenvalue weighted by Crippen LogP contribution is 2.30. The number of hydrogen-bond acceptors (Lipinski definition) is 1. The SMILES string of the molecule is c1cc2c(cc1C1CCCNCC1)CCCC2. The van der Waals surface area contributed by atoms with Gasteiger partial charge in [0.2, 0.25) is 0 Å². The minimum absolute atomic E-state index is 0.803. The average Bonchev–Trinajstić information content (AvgIpc) is 2.67. The summed E-state index contributed by atoms with van der Waals surface area (Å²) in [5.74, 6) is 0.803. The molecule has 1 heteroatoms. The smallest absolute Gasteiger partial charge is 0.00431 e. The molecule has 0 bridgehead atoms. The van der Waals surface area contributed by atoms with Gasteiger partial charge >= 0.3 is 0 Å². The van der Waals surface area contributed by atoms with Crippen LogP contribution in [0.3, 0.4) is 0 Å². The van der Waals surface area contributed by atoms with E-state index >= 15 is 0 Å². The summed E-state index contributed by atoms with van der Waals surface area (Å²) in [6, 6.07) is 7.33. The second kappa shape index (κ2) is 5.22. The Morgan fingerprint density at radius 1 is 0.882 bits per heavy atom. The third-order valence-electron chi connectivity index (χ3n) is 4.42.